The normalized spacial score (nSPS) is 36.0. The number of carbonyl (C=O) groups is 2. The van der Waals surface area contributed by atoms with Gasteiger partial charge >= 0.3 is 0 Å². The number of hydrogen-bond donors (Lipinski definition) is 1. The van der Waals surface area contributed by atoms with Crippen LogP contribution in [0.25, 0.3) is 0 Å². The molecule has 1 saturated heterocycles. The van der Waals surface area contributed by atoms with Crippen molar-refractivity contribution in [3.63, 3.8) is 0 Å². The lowest BCUT2D eigenvalue weighted by Gasteiger charge is -2.24. The van der Waals surface area contributed by atoms with Gasteiger partial charge in [0.25, 0.3) is 0 Å². The first-order valence-electron chi connectivity index (χ1n) is 8.10. The van der Waals surface area contributed by atoms with Crippen LogP contribution >= 0.6 is 0 Å². The summed E-state index contributed by atoms with van der Waals surface area (Å²) in [4.78, 5) is 26.4. The van der Waals surface area contributed by atoms with E-state index in [0.29, 0.717) is 32.1 Å². The van der Waals surface area contributed by atoms with Crippen molar-refractivity contribution in [2.75, 3.05) is 19.8 Å². The lowest BCUT2D eigenvalue weighted by molar-refractivity contribution is -0.138. The lowest BCUT2D eigenvalue weighted by Crippen LogP contribution is -2.46. The molecule has 2 aliphatic heterocycles. The summed E-state index contributed by atoms with van der Waals surface area (Å²) in [6, 6.07) is 0.00567. The Labute approximate surface area is 125 Å². The lowest BCUT2D eigenvalue weighted by atomic mass is 10.2. The van der Waals surface area contributed by atoms with Gasteiger partial charge in [-0.15, -0.1) is 0 Å². The van der Waals surface area contributed by atoms with Crippen molar-refractivity contribution >= 4 is 11.8 Å². The number of rotatable bonds is 0. The van der Waals surface area contributed by atoms with E-state index in [1.165, 1.54) is 0 Å². The van der Waals surface area contributed by atoms with E-state index in [1.807, 2.05) is 0 Å². The predicted molar refractivity (Wildman–Crippen MR) is 78.6 cm³/mol. The SMILES string of the molecule is O=C1NC2C[C@H]2/C=C\CCOCCCC(=O)N2CCCC12. The van der Waals surface area contributed by atoms with Crippen molar-refractivity contribution in [3.8, 4) is 0 Å². The quantitative estimate of drug-likeness (QED) is 0.683. The number of hydrogen-bond acceptors (Lipinski definition) is 3. The molecule has 1 aliphatic carbocycles. The molecule has 3 rings (SSSR count). The number of nitrogens with zero attached hydrogens (tertiary/aromatic N) is 1. The molecule has 0 aromatic carbocycles. The first-order valence-corrected chi connectivity index (χ1v) is 8.10. The highest BCUT2D eigenvalue weighted by Crippen LogP contribution is 2.32. The van der Waals surface area contributed by atoms with Crippen LogP contribution in [0.2, 0.25) is 0 Å². The fourth-order valence-corrected chi connectivity index (χ4v) is 3.20. The van der Waals surface area contributed by atoms with Gasteiger partial charge in [-0.1, -0.05) is 12.2 Å². The van der Waals surface area contributed by atoms with E-state index in [2.05, 4.69) is 17.5 Å². The number of amides is 2. The molecular weight excluding hydrogens is 268 g/mol. The molecule has 1 N–H and O–H groups in total. The fraction of sp³-hybridized carbons (Fsp3) is 0.750. The van der Waals surface area contributed by atoms with Crippen LogP contribution in [0.3, 0.4) is 0 Å². The van der Waals surface area contributed by atoms with Crippen molar-refractivity contribution in [1.82, 2.24) is 10.2 Å². The fourth-order valence-electron chi connectivity index (χ4n) is 3.20. The van der Waals surface area contributed by atoms with E-state index in [-0.39, 0.29) is 23.9 Å². The number of nitrogens with one attached hydrogen (secondary N) is 1. The van der Waals surface area contributed by atoms with E-state index in [1.54, 1.807) is 4.90 Å². The molecule has 2 unspecified atom stereocenters. The van der Waals surface area contributed by atoms with Gasteiger partial charge in [0.05, 0.1) is 6.61 Å². The van der Waals surface area contributed by atoms with Gasteiger partial charge < -0.3 is 15.0 Å². The van der Waals surface area contributed by atoms with E-state index in [0.717, 1.165) is 32.1 Å². The summed E-state index contributed by atoms with van der Waals surface area (Å²) >= 11 is 0. The number of fused-ring (bicyclic) bond motifs is 2. The zero-order chi connectivity index (χ0) is 14.7. The second-order valence-electron chi connectivity index (χ2n) is 6.19. The Kier molecular flexibility index (Phi) is 4.58. The van der Waals surface area contributed by atoms with Gasteiger partial charge in [0.2, 0.25) is 11.8 Å². The molecule has 5 heteroatoms. The number of ether oxygens (including phenoxy) is 1. The van der Waals surface area contributed by atoms with E-state index in [4.69, 9.17) is 4.74 Å². The molecule has 0 aromatic heterocycles. The van der Waals surface area contributed by atoms with Gasteiger partial charge in [-0.05, 0) is 38.0 Å². The zero-order valence-corrected chi connectivity index (χ0v) is 12.4. The average molecular weight is 292 g/mol. The van der Waals surface area contributed by atoms with Gasteiger partial charge in [0.15, 0.2) is 0 Å². The van der Waals surface area contributed by atoms with Gasteiger partial charge in [0, 0.05) is 25.6 Å². The maximum absolute atomic E-state index is 12.4. The monoisotopic (exact) mass is 292 g/mol. The van der Waals surface area contributed by atoms with Crippen molar-refractivity contribution in [2.45, 2.75) is 50.6 Å². The molecule has 0 spiro atoms. The Morgan fingerprint density at radius 1 is 1.24 bits per heavy atom. The third kappa shape index (κ3) is 3.64. The Hall–Kier alpha value is -1.36. The van der Waals surface area contributed by atoms with Gasteiger partial charge in [-0.25, -0.2) is 0 Å². The Bertz CT molecular complexity index is 435. The van der Waals surface area contributed by atoms with Gasteiger partial charge in [-0.3, -0.25) is 9.59 Å². The van der Waals surface area contributed by atoms with Crippen LogP contribution in [0.1, 0.15) is 38.5 Å². The molecule has 5 nitrogen and oxygen atoms in total. The third-order valence-corrected chi connectivity index (χ3v) is 4.53. The van der Waals surface area contributed by atoms with Crippen molar-refractivity contribution in [2.24, 2.45) is 5.92 Å². The first kappa shape index (κ1) is 14.6. The summed E-state index contributed by atoms with van der Waals surface area (Å²) in [6.07, 6.45) is 9.18. The van der Waals surface area contributed by atoms with Crippen LogP contribution in [0.15, 0.2) is 12.2 Å². The van der Waals surface area contributed by atoms with Crippen molar-refractivity contribution < 1.29 is 14.3 Å². The minimum Gasteiger partial charge on any atom is -0.381 e. The largest absolute Gasteiger partial charge is 0.381 e. The average Bonchev–Trinajstić information content (AvgIpc) is 3.01. The molecule has 0 radical (unpaired) electrons. The minimum atomic E-state index is -0.256. The summed E-state index contributed by atoms with van der Waals surface area (Å²) in [5.74, 6) is 0.592. The van der Waals surface area contributed by atoms with Crippen LogP contribution in [0, 0.1) is 5.92 Å². The highest BCUT2D eigenvalue weighted by molar-refractivity contribution is 5.88. The molecule has 2 fully saturated rings. The number of carbonyl (C=O) groups excluding carboxylic acids is 2. The summed E-state index contributed by atoms with van der Waals surface area (Å²) in [5.41, 5.74) is 0. The van der Waals surface area contributed by atoms with Gasteiger partial charge in [-0.2, -0.15) is 0 Å². The topological polar surface area (TPSA) is 58.6 Å². The standard InChI is InChI=1S/C16H24N2O3/c19-15-7-4-10-21-9-2-1-5-12-11-13(12)17-16(20)14-6-3-8-18(14)15/h1,5,12-14H,2-4,6-11H2,(H,17,20)/b5-1-/t12-,13?,14?/m1/s1. The maximum atomic E-state index is 12.4. The summed E-state index contributed by atoms with van der Waals surface area (Å²) in [7, 11) is 0. The molecule has 2 amide bonds. The van der Waals surface area contributed by atoms with E-state index in [9.17, 15) is 9.59 Å². The first-order chi connectivity index (χ1) is 10.3. The summed E-state index contributed by atoms with van der Waals surface area (Å²) in [6.45, 7) is 2.04. The molecule has 3 atom stereocenters. The van der Waals surface area contributed by atoms with Crippen LogP contribution in [-0.4, -0.2) is 48.6 Å². The third-order valence-electron chi connectivity index (χ3n) is 4.53. The van der Waals surface area contributed by atoms with E-state index < -0.39 is 0 Å². The van der Waals surface area contributed by atoms with Gasteiger partial charge in [0.1, 0.15) is 6.04 Å². The smallest absolute Gasteiger partial charge is 0.243 e. The molecule has 3 aliphatic rings. The maximum Gasteiger partial charge on any atom is 0.243 e. The van der Waals surface area contributed by atoms with Crippen LogP contribution in [0.4, 0.5) is 0 Å². The second kappa shape index (κ2) is 6.60. The Balaban J connectivity index is 1.64. The van der Waals surface area contributed by atoms with Crippen molar-refractivity contribution in [3.05, 3.63) is 12.2 Å². The molecule has 2 heterocycles. The van der Waals surface area contributed by atoms with Crippen LogP contribution < -0.4 is 5.32 Å². The molecule has 116 valence electrons. The predicted octanol–water partition coefficient (Wildman–Crippen LogP) is 1.24. The zero-order valence-electron chi connectivity index (χ0n) is 12.4. The van der Waals surface area contributed by atoms with E-state index >= 15 is 0 Å². The Morgan fingerprint density at radius 2 is 2.14 bits per heavy atom. The molecular formula is C16H24N2O3. The van der Waals surface area contributed by atoms with Crippen molar-refractivity contribution in [1.29, 1.82) is 0 Å². The second-order valence-corrected chi connectivity index (χ2v) is 6.19. The molecule has 0 aromatic rings. The molecule has 1 saturated carbocycles. The highest BCUT2D eigenvalue weighted by atomic mass is 16.5. The van der Waals surface area contributed by atoms with Crippen LogP contribution in [-0.2, 0) is 14.3 Å². The van der Waals surface area contributed by atoms with Crippen LogP contribution in [0.5, 0.6) is 0 Å². The summed E-state index contributed by atoms with van der Waals surface area (Å²) in [5, 5.41) is 3.10. The molecule has 21 heavy (non-hydrogen) atoms. The highest BCUT2D eigenvalue weighted by Gasteiger charge is 2.40. The summed E-state index contributed by atoms with van der Waals surface area (Å²) < 4.78 is 5.53. The Morgan fingerprint density at radius 3 is 3.05 bits per heavy atom. The minimum absolute atomic E-state index is 0.0351. The molecule has 0 bridgehead atoms.